The van der Waals surface area contributed by atoms with Gasteiger partial charge in [-0.25, -0.2) is 18.7 Å². The summed E-state index contributed by atoms with van der Waals surface area (Å²) in [6.07, 6.45) is 2.34. The molecule has 0 unspecified atom stereocenters. The van der Waals surface area contributed by atoms with Crippen LogP contribution in [-0.4, -0.2) is 34.6 Å². The molecule has 0 saturated carbocycles. The number of thioether (sulfide) groups is 1. The van der Waals surface area contributed by atoms with Gasteiger partial charge in [-0.05, 0) is 50.3 Å². The summed E-state index contributed by atoms with van der Waals surface area (Å²) in [5.41, 5.74) is 2.41. The maximum Gasteiger partial charge on any atom is 0.306 e. The average Bonchev–Trinajstić information content (AvgIpc) is 2.61. The van der Waals surface area contributed by atoms with Gasteiger partial charge in [0.2, 0.25) is 0 Å². The van der Waals surface area contributed by atoms with E-state index in [1.54, 1.807) is 0 Å². The van der Waals surface area contributed by atoms with Gasteiger partial charge in [0.25, 0.3) is 0 Å². The van der Waals surface area contributed by atoms with Crippen molar-refractivity contribution in [3.05, 3.63) is 52.3 Å². The summed E-state index contributed by atoms with van der Waals surface area (Å²) in [6, 6.07) is 2.78. The van der Waals surface area contributed by atoms with Crippen LogP contribution in [0.1, 0.15) is 33.7 Å². The maximum absolute atomic E-state index is 13.1. The van der Waals surface area contributed by atoms with Gasteiger partial charge in [0.1, 0.15) is 0 Å². The Morgan fingerprint density at radius 3 is 2.35 bits per heavy atom. The van der Waals surface area contributed by atoms with E-state index in [-0.39, 0.29) is 12.0 Å². The third-order valence-corrected chi connectivity index (χ3v) is 4.32. The number of carbonyl (C=O) groups excluding carboxylic acids is 2. The van der Waals surface area contributed by atoms with Gasteiger partial charge in [0, 0.05) is 23.4 Å². The highest BCUT2D eigenvalue weighted by Crippen LogP contribution is 2.17. The van der Waals surface area contributed by atoms with Crippen molar-refractivity contribution in [2.45, 2.75) is 31.8 Å². The van der Waals surface area contributed by atoms with Crippen molar-refractivity contribution in [3.63, 3.8) is 0 Å². The summed E-state index contributed by atoms with van der Waals surface area (Å²) < 4.78 is 30.9. The number of Topliss-reactive ketones (excluding diaryl/α,β-unsaturated/α-hetero) is 1. The zero-order valence-electron chi connectivity index (χ0n) is 14.6. The van der Waals surface area contributed by atoms with Crippen molar-refractivity contribution >= 4 is 23.5 Å². The molecule has 0 atom stereocenters. The second-order valence-electron chi connectivity index (χ2n) is 5.57. The van der Waals surface area contributed by atoms with Gasteiger partial charge in [-0.15, -0.1) is 0 Å². The fourth-order valence-electron chi connectivity index (χ4n) is 2.36. The number of rotatable bonds is 7. The number of carbonyl (C=O) groups is 2. The Morgan fingerprint density at radius 1 is 1.12 bits per heavy atom. The number of halogens is 2. The first kappa shape index (κ1) is 20.0. The Morgan fingerprint density at radius 2 is 1.77 bits per heavy atom. The van der Waals surface area contributed by atoms with Crippen LogP contribution in [0.15, 0.2) is 23.4 Å². The second-order valence-corrected chi connectivity index (χ2v) is 6.35. The van der Waals surface area contributed by atoms with Crippen LogP contribution in [-0.2, 0) is 16.0 Å². The van der Waals surface area contributed by atoms with Gasteiger partial charge in [-0.2, -0.15) is 0 Å². The Kier molecular flexibility index (Phi) is 6.79. The molecule has 138 valence electrons. The molecule has 2 aromatic rings. The molecule has 0 spiro atoms. The molecule has 0 saturated heterocycles. The number of aromatic nitrogens is 2. The van der Waals surface area contributed by atoms with Gasteiger partial charge >= 0.3 is 5.97 Å². The Balaban J connectivity index is 1.89. The molecule has 0 fully saturated rings. The molecule has 1 aromatic carbocycles. The summed E-state index contributed by atoms with van der Waals surface area (Å²) >= 11 is 1.44. The van der Waals surface area contributed by atoms with E-state index in [1.165, 1.54) is 11.8 Å². The topological polar surface area (TPSA) is 69.2 Å². The average molecular weight is 380 g/mol. The van der Waals surface area contributed by atoms with Crippen molar-refractivity contribution in [3.8, 4) is 0 Å². The minimum Gasteiger partial charge on any atom is -0.457 e. The predicted octanol–water partition coefficient (Wildman–Crippen LogP) is 3.45. The molecule has 0 aliphatic carbocycles. The Labute approximate surface area is 154 Å². The SMILES string of the molecule is CSc1nc(C)c(CCC(=O)OCC(=O)c2ccc(F)c(F)c2)c(C)n1. The third kappa shape index (κ3) is 5.08. The first-order chi connectivity index (χ1) is 12.3. The van der Waals surface area contributed by atoms with E-state index in [4.69, 9.17) is 4.74 Å². The van der Waals surface area contributed by atoms with Crippen LogP contribution in [0.3, 0.4) is 0 Å². The minimum atomic E-state index is -1.12. The first-order valence-electron chi connectivity index (χ1n) is 7.83. The highest BCUT2D eigenvalue weighted by atomic mass is 32.2. The lowest BCUT2D eigenvalue weighted by atomic mass is 10.1. The van der Waals surface area contributed by atoms with Gasteiger partial charge in [0.15, 0.2) is 29.2 Å². The standard InChI is InChI=1S/C18H18F2N2O3S/c1-10-13(11(2)22-18(21-10)26-3)5-7-17(24)25-9-16(23)12-4-6-14(19)15(20)8-12/h4,6,8H,5,7,9H2,1-3H3. The lowest BCUT2D eigenvalue weighted by Crippen LogP contribution is -2.15. The lowest BCUT2D eigenvalue weighted by molar-refractivity contribution is -0.142. The molecule has 1 aromatic heterocycles. The molecule has 0 aliphatic heterocycles. The zero-order valence-corrected chi connectivity index (χ0v) is 15.5. The number of nitrogens with zero attached hydrogens (tertiary/aromatic N) is 2. The molecule has 1 heterocycles. The monoisotopic (exact) mass is 380 g/mol. The van der Waals surface area contributed by atoms with Crippen molar-refractivity contribution in [2.75, 3.05) is 12.9 Å². The van der Waals surface area contributed by atoms with Crippen molar-refractivity contribution < 1.29 is 23.1 Å². The van der Waals surface area contributed by atoms with E-state index in [2.05, 4.69) is 9.97 Å². The van der Waals surface area contributed by atoms with Crippen LogP contribution in [0.5, 0.6) is 0 Å². The number of hydrogen-bond donors (Lipinski definition) is 0. The molecule has 2 rings (SSSR count). The molecule has 0 bridgehead atoms. The number of ketones is 1. The van der Waals surface area contributed by atoms with Gasteiger partial charge in [0.05, 0.1) is 0 Å². The first-order valence-corrected chi connectivity index (χ1v) is 9.06. The number of aryl methyl sites for hydroxylation is 2. The van der Waals surface area contributed by atoms with Crippen LogP contribution < -0.4 is 0 Å². The summed E-state index contributed by atoms with van der Waals surface area (Å²) in [6.45, 7) is 3.17. The smallest absolute Gasteiger partial charge is 0.306 e. The van der Waals surface area contributed by atoms with Crippen LogP contribution >= 0.6 is 11.8 Å². The van der Waals surface area contributed by atoms with Crippen molar-refractivity contribution in [2.24, 2.45) is 0 Å². The number of esters is 1. The summed E-state index contributed by atoms with van der Waals surface area (Å²) in [5.74, 6) is -3.33. The minimum absolute atomic E-state index is 0.0514. The molecule has 5 nitrogen and oxygen atoms in total. The molecular formula is C18H18F2N2O3S. The third-order valence-electron chi connectivity index (χ3n) is 3.77. The number of benzene rings is 1. The summed E-state index contributed by atoms with van der Waals surface area (Å²) in [5, 5.41) is 0.670. The molecular weight excluding hydrogens is 362 g/mol. The Hall–Kier alpha value is -2.35. The lowest BCUT2D eigenvalue weighted by Gasteiger charge is -2.10. The molecule has 0 radical (unpaired) electrons. The fourth-order valence-corrected chi connectivity index (χ4v) is 2.82. The molecule has 0 amide bonds. The van der Waals surface area contributed by atoms with Crippen LogP contribution in [0.2, 0.25) is 0 Å². The van der Waals surface area contributed by atoms with Crippen LogP contribution in [0.4, 0.5) is 8.78 Å². The molecule has 0 N–H and O–H groups in total. The van der Waals surface area contributed by atoms with E-state index in [1.807, 2.05) is 20.1 Å². The maximum atomic E-state index is 13.1. The second kappa shape index (κ2) is 8.84. The van der Waals surface area contributed by atoms with Gasteiger partial charge in [-0.1, -0.05) is 11.8 Å². The fraction of sp³-hybridized carbons (Fsp3) is 0.333. The van der Waals surface area contributed by atoms with E-state index < -0.39 is 30.0 Å². The van der Waals surface area contributed by atoms with Crippen LogP contribution in [0, 0.1) is 25.5 Å². The van der Waals surface area contributed by atoms with Crippen molar-refractivity contribution in [1.82, 2.24) is 9.97 Å². The Bertz CT molecular complexity index is 820. The summed E-state index contributed by atoms with van der Waals surface area (Å²) in [4.78, 5) is 32.4. The zero-order chi connectivity index (χ0) is 19.3. The quantitative estimate of drug-likeness (QED) is 0.317. The number of hydrogen-bond acceptors (Lipinski definition) is 6. The molecule has 0 aliphatic rings. The van der Waals surface area contributed by atoms with Crippen LogP contribution in [0.25, 0.3) is 0 Å². The van der Waals surface area contributed by atoms with E-state index in [0.717, 1.165) is 35.2 Å². The highest BCUT2D eigenvalue weighted by Gasteiger charge is 2.14. The van der Waals surface area contributed by atoms with E-state index >= 15 is 0 Å². The predicted molar refractivity (Wildman–Crippen MR) is 93.3 cm³/mol. The van der Waals surface area contributed by atoms with E-state index in [0.29, 0.717) is 11.6 Å². The van der Waals surface area contributed by atoms with E-state index in [9.17, 15) is 18.4 Å². The molecule has 8 heteroatoms. The van der Waals surface area contributed by atoms with Gasteiger partial charge in [-0.3, -0.25) is 9.59 Å². The molecule has 26 heavy (non-hydrogen) atoms. The largest absolute Gasteiger partial charge is 0.457 e. The van der Waals surface area contributed by atoms with Gasteiger partial charge < -0.3 is 4.74 Å². The highest BCUT2D eigenvalue weighted by molar-refractivity contribution is 7.98. The van der Waals surface area contributed by atoms with Crippen molar-refractivity contribution in [1.29, 1.82) is 0 Å². The number of ether oxygens (including phenoxy) is 1. The normalized spacial score (nSPS) is 10.7. The summed E-state index contributed by atoms with van der Waals surface area (Å²) in [7, 11) is 0.